The van der Waals surface area contributed by atoms with Crippen LogP contribution in [0, 0.1) is 11.7 Å². The van der Waals surface area contributed by atoms with E-state index >= 15 is 0 Å². The fourth-order valence-electron chi connectivity index (χ4n) is 4.09. The molecule has 142 valence electrons. The van der Waals surface area contributed by atoms with Gasteiger partial charge in [-0.1, -0.05) is 37.5 Å². The van der Waals surface area contributed by atoms with Crippen LogP contribution in [-0.4, -0.2) is 42.5 Å². The summed E-state index contributed by atoms with van der Waals surface area (Å²) in [6.45, 7) is 0.842. The Balaban J connectivity index is 1.65. The fourth-order valence-corrected chi connectivity index (χ4v) is 4.09. The molecule has 1 N–H and O–H groups in total. The Bertz CT molecular complexity index is 646. The highest BCUT2D eigenvalue weighted by Crippen LogP contribution is 2.26. The van der Waals surface area contributed by atoms with Crippen molar-refractivity contribution in [1.29, 1.82) is 0 Å². The summed E-state index contributed by atoms with van der Waals surface area (Å²) in [5.41, 5.74) is 0.542. The van der Waals surface area contributed by atoms with Gasteiger partial charge in [-0.25, -0.2) is 4.39 Å². The van der Waals surface area contributed by atoms with E-state index in [0.29, 0.717) is 25.1 Å². The summed E-state index contributed by atoms with van der Waals surface area (Å²) in [4.78, 5) is 26.6. The van der Waals surface area contributed by atoms with E-state index in [-0.39, 0.29) is 29.7 Å². The molecule has 1 aliphatic heterocycles. The maximum Gasteiger partial charge on any atom is 0.323 e. The summed E-state index contributed by atoms with van der Waals surface area (Å²) in [7, 11) is 1.36. The summed E-state index contributed by atoms with van der Waals surface area (Å²) in [5, 5.41) is 3.11. The lowest BCUT2D eigenvalue weighted by Crippen LogP contribution is -2.41. The number of nitrogens with one attached hydrogen (secondary N) is 1. The van der Waals surface area contributed by atoms with Gasteiger partial charge in [0.25, 0.3) is 0 Å². The number of rotatable bonds is 5. The lowest BCUT2D eigenvalue weighted by Gasteiger charge is -2.23. The van der Waals surface area contributed by atoms with Crippen LogP contribution in [0.25, 0.3) is 0 Å². The Morgan fingerprint density at radius 3 is 2.65 bits per heavy atom. The SMILES string of the molecule is COC(=O)[C@@H]1C[C@@H](NC(=O)C2CCCCC2)CN1Cc1ccccc1F. The Morgan fingerprint density at radius 1 is 1.23 bits per heavy atom. The first-order chi connectivity index (χ1) is 12.6. The maximum absolute atomic E-state index is 14.0. The number of hydrogen-bond acceptors (Lipinski definition) is 4. The number of benzene rings is 1. The molecule has 0 radical (unpaired) electrons. The molecule has 2 atom stereocenters. The number of esters is 1. The van der Waals surface area contributed by atoms with E-state index in [0.717, 1.165) is 25.7 Å². The molecule has 1 saturated heterocycles. The van der Waals surface area contributed by atoms with Crippen LogP contribution in [0.15, 0.2) is 24.3 Å². The average molecular weight is 362 g/mol. The van der Waals surface area contributed by atoms with Crippen molar-refractivity contribution >= 4 is 11.9 Å². The van der Waals surface area contributed by atoms with Gasteiger partial charge in [0.15, 0.2) is 0 Å². The molecule has 1 aromatic rings. The summed E-state index contributed by atoms with van der Waals surface area (Å²) < 4.78 is 18.9. The third-order valence-corrected chi connectivity index (χ3v) is 5.53. The molecular weight excluding hydrogens is 335 g/mol. The van der Waals surface area contributed by atoms with Gasteiger partial charge in [-0.2, -0.15) is 0 Å². The zero-order chi connectivity index (χ0) is 18.5. The topological polar surface area (TPSA) is 58.6 Å². The van der Waals surface area contributed by atoms with Gasteiger partial charge in [-0.05, 0) is 25.3 Å². The van der Waals surface area contributed by atoms with Crippen molar-refractivity contribution in [1.82, 2.24) is 10.2 Å². The van der Waals surface area contributed by atoms with Crippen LogP contribution < -0.4 is 5.32 Å². The van der Waals surface area contributed by atoms with Crippen molar-refractivity contribution in [3.05, 3.63) is 35.6 Å². The maximum atomic E-state index is 14.0. The molecule has 0 spiro atoms. The second kappa shape index (κ2) is 8.62. The van der Waals surface area contributed by atoms with Crippen molar-refractivity contribution < 1.29 is 18.7 Å². The molecule has 0 unspecified atom stereocenters. The molecule has 2 aliphatic rings. The number of nitrogens with zero attached hydrogens (tertiary/aromatic N) is 1. The molecular formula is C20H27FN2O3. The van der Waals surface area contributed by atoms with E-state index in [4.69, 9.17) is 4.74 Å². The number of likely N-dealkylation sites (tertiary alicyclic amines) is 1. The monoisotopic (exact) mass is 362 g/mol. The van der Waals surface area contributed by atoms with E-state index < -0.39 is 6.04 Å². The lowest BCUT2D eigenvalue weighted by molar-refractivity contribution is -0.146. The lowest BCUT2D eigenvalue weighted by atomic mass is 9.88. The standard InChI is InChI=1S/C20H27FN2O3/c1-26-20(25)18-11-16(22-19(24)14-7-3-2-4-8-14)13-23(18)12-15-9-5-6-10-17(15)21/h5-6,9-10,14,16,18H,2-4,7-8,11-13H2,1H3,(H,22,24)/t16-,18+/m1/s1. The number of ether oxygens (including phenoxy) is 1. The van der Waals surface area contributed by atoms with E-state index in [9.17, 15) is 14.0 Å². The highest BCUT2D eigenvalue weighted by atomic mass is 19.1. The van der Waals surface area contributed by atoms with Crippen LogP contribution in [0.3, 0.4) is 0 Å². The van der Waals surface area contributed by atoms with Crippen LogP contribution in [0.5, 0.6) is 0 Å². The Morgan fingerprint density at radius 2 is 1.96 bits per heavy atom. The fraction of sp³-hybridized carbons (Fsp3) is 0.600. The van der Waals surface area contributed by atoms with Crippen LogP contribution >= 0.6 is 0 Å². The first-order valence-corrected chi connectivity index (χ1v) is 9.44. The first-order valence-electron chi connectivity index (χ1n) is 9.44. The second-order valence-electron chi connectivity index (χ2n) is 7.34. The van der Waals surface area contributed by atoms with Crippen molar-refractivity contribution in [2.45, 2.75) is 57.2 Å². The number of halogens is 1. The summed E-state index contributed by atoms with van der Waals surface area (Å²) >= 11 is 0. The first kappa shape index (κ1) is 18.8. The van der Waals surface area contributed by atoms with Crippen LogP contribution in [0.1, 0.15) is 44.1 Å². The van der Waals surface area contributed by atoms with Gasteiger partial charge in [-0.15, -0.1) is 0 Å². The van der Waals surface area contributed by atoms with Crippen molar-refractivity contribution in [3.8, 4) is 0 Å². The average Bonchev–Trinajstić information content (AvgIpc) is 3.06. The molecule has 1 saturated carbocycles. The van der Waals surface area contributed by atoms with Crippen molar-refractivity contribution in [3.63, 3.8) is 0 Å². The Kier molecular flexibility index (Phi) is 6.25. The number of methoxy groups -OCH3 is 1. The molecule has 6 heteroatoms. The normalized spacial score (nSPS) is 24.4. The van der Waals surface area contributed by atoms with Crippen LogP contribution in [-0.2, 0) is 20.9 Å². The minimum Gasteiger partial charge on any atom is -0.468 e. The highest BCUT2D eigenvalue weighted by molar-refractivity contribution is 5.80. The van der Waals surface area contributed by atoms with Gasteiger partial charge in [0.2, 0.25) is 5.91 Å². The van der Waals surface area contributed by atoms with Gasteiger partial charge < -0.3 is 10.1 Å². The summed E-state index contributed by atoms with van der Waals surface area (Å²) in [6.07, 6.45) is 5.80. The highest BCUT2D eigenvalue weighted by Gasteiger charge is 2.39. The second-order valence-corrected chi connectivity index (χ2v) is 7.34. The van der Waals surface area contributed by atoms with Crippen molar-refractivity contribution in [2.75, 3.05) is 13.7 Å². The van der Waals surface area contributed by atoms with Gasteiger partial charge in [0, 0.05) is 30.6 Å². The molecule has 26 heavy (non-hydrogen) atoms. The van der Waals surface area contributed by atoms with Crippen LogP contribution in [0.4, 0.5) is 4.39 Å². The van der Waals surface area contributed by atoms with Gasteiger partial charge in [0.05, 0.1) is 7.11 Å². The molecule has 1 aliphatic carbocycles. The summed E-state index contributed by atoms with van der Waals surface area (Å²) in [6, 6.07) is 5.99. The molecule has 2 fully saturated rings. The van der Waals surface area contributed by atoms with E-state index in [1.807, 2.05) is 4.90 Å². The van der Waals surface area contributed by atoms with Gasteiger partial charge >= 0.3 is 5.97 Å². The predicted molar refractivity (Wildman–Crippen MR) is 95.7 cm³/mol. The number of hydrogen-bond donors (Lipinski definition) is 1. The predicted octanol–water partition coefficient (Wildman–Crippen LogP) is 2.64. The van der Waals surface area contributed by atoms with E-state index in [2.05, 4.69) is 5.32 Å². The number of carbonyl (C=O) groups is 2. The summed E-state index contributed by atoms with van der Waals surface area (Å²) in [5.74, 6) is -0.450. The number of amides is 1. The van der Waals surface area contributed by atoms with Crippen LogP contribution in [0.2, 0.25) is 0 Å². The minimum absolute atomic E-state index is 0.0842. The smallest absolute Gasteiger partial charge is 0.323 e. The zero-order valence-corrected chi connectivity index (χ0v) is 15.2. The quantitative estimate of drug-likeness (QED) is 0.818. The van der Waals surface area contributed by atoms with Crippen molar-refractivity contribution in [2.24, 2.45) is 5.92 Å². The van der Waals surface area contributed by atoms with Gasteiger partial charge in [-0.3, -0.25) is 14.5 Å². The Labute approximate surface area is 153 Å². The minimum atomic E-state index is -0.462. The molecule has 0 aromatic heterocycles. The molecule has 1 aromatic carbocycles. The third kappa shape index (κ3) is 4.41. The molecule has 3 rings (SSSR count). The van der Waals surface area contributed by atoms with E-state index in [1.165, 1.54) is 19.6 Å². The molecule has 1 heterocycles. The molecule has 1 amide bonds. The zero-order valence-electron chi connectivity index (χ0n) is 15.2. The van der Waals surface area contributed by atoms with E-state index in [1.54, 1.807) is 18.2 Å². The third-order valence-electron chi connectivity index (χ3n) is 5.53. The largest absolute Gasteiger partial charge is 0.468 e. The Hall–Kier alpha value is -1.95. The number of carbonyl (C=O) groups excluding carboxylic acids is 2. The molecule has 0 bridgehead atoms. The van der Waals surface area contributed by atoms with Gasteiger partial charge in [0.1, 0.15) is 11.9 Å². The molecule has 5 nitrogen and oxygen atoms in total.